The van der Waals surface area contributed by atoms with E-state index in [1.165, 1.54) is 0 Å². The van der Waals surface area contributed by atoms with Gasteiger partial charge in [-0.15, -0.1) is 6.58 Å². The number of rotatable bonds is 7. The van der Waals surface area contributed by atoms with E-state index in [-0.39, 0.29) is 6.04 Å². The van der Waals surface area contributed by atoms with Gasteiger partial charge in [0.15, 0.2) is 0 Å². The summed E-state index contributed by atoms with van der Waals surface area (Å²) < 4.78 is 4.90. The van der Waals surface area contributed by atoms with Gasteiger partial charge in [0.05, 0.1) is 5.60 Å². The van der Waals surface area contributed by atoms with Crippen LogP contribution in [0.3, 0.4) is 0 Å². The second kappa shape index (κ2) is 6.13. The van der Waals surface area contributed by atoms with Crippen LogP contribution in [0.2, 0.25) is 0 Å². The molecule has 0 heterocycles. The molecule has 3 nitrogen and oxygen atoms in total. The average molecular weight is 187 g/mol. The summed E-state index contributed by atoms with van der Waals surface area (Å²) in [6.07, 6.45) is 2.45. The zero-order valence-electron chi connectivity index (χ0n) is 8.84. The lowest BCUT2D eigenvalue weighted by atomic mass is 10.0. The van der Waals surface area contributed by atoms with Gasteiger partial charge in [0.2, 0.25) is 0 Å². The van der Waals surface area contributed by atoms with Gasteiger partial charge in [-0.05, 0) is 13.8 Å². The Hall–Kier alpha value is -0.380. The van der Waals surface area contributed by atoms with Crippen LogP contribution in [0.5, 0.6) is 0 Å². The van der Waals surface area contributed by atoms with Crippen molar-refractivity contribution in [2.75, 3.05) is 20.3 Å². The molecule has 0 radical (unpaired) electrons. The molecule has 0 saturated carbocycles. The number of methoxy groups -OCH3 is 1. The van der Waals surface area contributed by atoms with E-state index in [1.54, 1.807) is 14.0 Å². The van der Waals surface area contributed by atoms with Crippen LogP contribution in [0.25, 0.3) is 0 Å². The third kappa shape index (κ3) is 6.75. The van der Waals surface area contributed by atoms with Gasteiger partial charge in [-0.25, -0.2) is 0 Å². The Morgan fingerprint density at radius 3 is 2.77 bits per heavy atom. The van der Waals surface area contributed by atoms with Gasteiger partial charge in [0.25, 0.3) is 0 Å². The van der Waals surface area contributed by atoms with Crippen LogP contribution < -0.4 is 5.32 Å². The maximum Gasteiger partial charge on any atom is 0.0765 e. The molecule has 0 bridgehead atoms. The van der Waals surface area contributed by atoms with Crippen molar-refractivity contribution in [1.29, 1.82) is 0 Å². The first-order valence-corrected chi connectivity index (χ1v) is 4.59. The van der Waals surface area contributed by atoms with E-state index in [0.29, 0.717) is 19.6 Å². The molecule has 2 N–H and O–H groups in total. The summed E-state index contributed by atoms with van der Waals surface area (Å²) in [5, 5.41) is 13.0. The van der Waals surface area contributed by atoms with Crippen LogP contribution in [0.15, 0.2) is 12.7 Å². The predicted molar refractivity (Wildman–Crippen MR) is 54.8 cm³/mol. The first-order chi connectivity index (χ1) is 6.02. The first kappa shape index (κ1) is 12.6. The van der Waals surface area contributed by atoms with E-state index < -0.39 is 5.60 Å². The molecule has 0 fully saturated rings. The van der Waals surface area contributed by atoms with E-state index in [2.05, 4.69) is 11.9 Å². The Balaban J connectivity index is 3.67. The van der Waals surface area contributed by atoms with Gasteiger partial charge < -0.3 is 15.2 Å². The third-order valence-electron chi connectivity index (χ3n) is 2.00. The molecule has 0 aromatic rings. The van der Waals surface area contributed by atoms with E-state index in [1.807, 2.05) is 13.0 Å². The molecule has 0 aliphatic heterocycles. The van der Waals surface area contributed by atoms with Crippen LogP contribution in [0.4, 0.5) is 0 Å². The molecule has 0 aromatic heterocycles. The Morgan fingerprint density at radius 1 is 1.69 bits per heavy atom. The van der Waals surface area contributed by atoms with Crippen molar-refractivity contribution < 1.29 is 9.84 Å². The number of aliphatic hydroxyl groups is 1. The second-order valence-corrected chi connectivity index (χ2v) is 3.65. The van der Waals surface area contributed by atoms with Crippen molar-refractivity contribution in [2.45, 2.75) is 31.9 Å². The van der Waals surface area contributed by atoms with Crippen molar-refractivity contribution in [3.63, 3.8) is 0 Å². The standard InChI is InChI=1S/C10H21NO2/c1-5-9(2)11-8-10(3,12)6-7-13-4/h5,9,11-12H,1,6-8H2,2-4H3. The van der Waals surface area contributed by atoms with Crippen LogP contribution in [0, 0.1) is 0 Å². The molecule has 0 rings (SSSR count). The van der Waals surface area contributed by atoms with Crippen molar-refractivity contribution >= 4 is 0 Å². The van der Waals surface area contributed by atoms with E-state index in [0.717, 1.165) is 0 Å². The normalized spacial score (nSPS) is 17.8. The highest BCUT2D eigenvalue weighted by atomic mass is 16.5. The van der Waals surface area contributed by atoms with Crippen molar-refractivity contribution in [3.8, 4) is 0 Å². The third-order valence-corrected chi connectivity index (χ3v) is 2.00. The van der Waals surface area contributed by atoms with Gasteiger partial charge in [-0.1, -0.05) is 6.08 Å². The van der Waals surface area contributed by atoms with Gasteiger partial charge >= 0.3 is 0 Å². The maximum atomic E-state index is 9.81. The smallest absolute Gasteiger partial charge is 0.0765 e. The molecule has 0 aliphatic carbocycles. The molecule has 0 aromatic carbocycles. The highest BCUT2D eigenvalue weighted by molar-refractivity contribution is 4.85. The first-order valence-electron chi connectivity index (χ1n) is 4.59. The van der Waals surface area contributed by atoms with Crippen LogP contribution in [-0.4, -0.2) is 37.0 Å². The Bertz CT molecular complexity index is 146. The zero-order valence-corrected chi connectivity index (χ0v) is 8.84. The van der Waals surface area contributed by atoms with Gasteiger partial charge in [-0.2, -0.15) is 0 Å². The molecular formula is C10H21NO2. The molecule has 3 heteroatoms. The summed E-state index contributed by atoms with van der Waals surface area (Å²) in [6, 6.07) is 0.231. The fourth-order valence-corrected chi connectivity index (χ4v) is 0.875. The molecule has 0 saturated heterocycles. The average Bonchev–Trinajstić information content (AvgIpc) is 2.11. The quantitative estimate of drug-likeness (QED) is 0.583. The van der Waals surface area contributed by atoms with E-state index >= 15 is 0 Å². The van der Waals surface area contributed by atoms with Crippen LogP contribution in [0.1, 0.15) is 20.3 Å². The number of ether oxygens (including phenoxy) is 1. The molecule has 0 amide bonds. The Labute approximate surface area is 80.8 Å². The molecule has 13 heavy (non-hydrogen) atoms. The summed E-state index contributed by atoms with van der Waals surface area (Å²) in [5.74, 6) is 0. The summed E-state index contributed by atoms with van der Waals surface area (Å²) in [4.78, 5) is 0. The Kier molecular flexibility index (Phi) is 5.95. The molecule has 2 atom stereocenters. The highest BCUT2D eigenvalue weighted by Crippen LogP contribution is 2.07. The summed E-state index contributed by atoms with van der Waals surface area (Å²) in [5.41, 5.74) is -0.701. The SMILES string of the molecule is C=CC(C)NCC(C)(O)CCOC. The molecule has 0 spiro atoms. The van der Waals surface area contributed by atoms with E-state index in [4.69, 9.17) is 4.74 Å². The summed E-state index contributed by atoms with van der Waals surface area (Å²) in [7, 11) is 1.63. The molecular weight excluding hydrogens is 166 g/mol. The van der Waals surface area contributed by atoms with Gasteiger partial charge in [0.1, 0.15) is 0 Å². The monoisotopic (exact) mass is 187 g/mol. The lowest BCUT2D eigenvalue weighted by Crippen LogP contribution is -2.41. The topological polar surface area (TPSA) is 41.5 Å². The van der Waals surface area contributed by atoms with E-state index in [9.17, 15) is 5.11 Å². The molecule has 2 unspecified atom stereocenters. The van der Waals surface area contributed by atoms with Crippen molar-refractivity contribution in [2.24, 2.45) is 0 Å². The van der Waals surface area contributed by atoms with Gasteiger partial charge in [-0.3, -0.25) is 0 Å². The van der Waals surface area contributed by atoms with Crippen LogP contribution in [-0.2, 0) is 4.74 Å². The highest BCUT2D eigenvalue weighted by Gasteiger charge is 2.19. The maximum absolute atomic E-state index is 9.81. The molecule has 78 valence electrons. The fraction of sp³-hybridized carbons (Fsp3) is 0.800. The minimum absolute atomic E-state index is 0.231. The minimum Gasteiger partial charge on any atom is -0.389 e. The second-order valence-electron chi connectivity index (χ2n) is 3.65. The lowest BCUT2D eigenvalue weighted by Gasteiger charge is -2.24. The Morgan fingerprint density at radius 2 is 2.31 bits per heavy atom. The summed E-state index contributed by atoms with van der Waals surface area (Å²) >= 11 is 0. The summed E-state index contributed by atoms with van der Waals surface area (Å²) in [6.45, 7) is 8.59. The van der Waals surface area contributed by atoms with Crippen LogP contribution >= 0.6 is 0 Å². The lowest BCUT2D eigenvalue weighted by molar-refractivity contribution is 0.0241. The van der Waals surface area contributed by atoms with Gasteiger partial charge in [0, 0.05) is 32.7 Å². The predicted octanol–water partition coefficient (Wildman–Crippen LogP) is 0.938. The van der Waals surface area contributed by atoms with Crippen molar-refractivity contribution in [3.05, 3.63) is 12.7 Å². The largest absolute Gasteiger partial charge is 0.389 e. The van der Waals surface area contributed by atoms with Crippen molar-refractivity contribution in [1.82, 2.24) is 5.32 Å². The number of hydrogen-bond donors (Lipinski definition) is 2. The fourth-order valence-electron chi connectivity index (χ4n) is 0.875. The number of nitrogens with one attached hydrogen (secondary N) is 1. The zero-order chi connectivity index (χ0) is 10.3. The minimum atomic E-state index is -0.701. The molecule has 0 aliphatic rings. The number of hydrogen-bond acceptors (Lipinski definition) is 3.